The fraction of sp³-hybridized carbons (Fsp3) is 0.429. The molecule has 2 heterocycles. The summed E-state index contributed by atoms with van der Waals surface area (Å²) < 4.78 is 23.8. The van der Waals surface area contributed by atoms with Crippen LogP contribution in [0.5, 0.6) is 0 Å². The Balaban J connectivity index is 2.13. The number of hydrogen-bond donors (Lipinski definition) is 4. The van der Waals surface area contributed by atoms with E-state index in [1.807, 2.05) is 0 Å². The molecule has 2 rings (SSSR count). The highest BCUT2D eigenvalue weighted by Crippen LogP contribution is 2.16. The van der Waals surface area contributed by atoms with Gasteiger partial charge in [0.2, 0.25) is 15.6 Å². The zero-order chi connectivity index (χ0) is 22.9. The van der Waals surface area contributed by atoms with E-state index in [1.165, 1.54) is 19.2 Å². The molecule has 4 amide bonds. The SMILES string of the molecule is CC(C)(O/N=C(/C(=O)N[C@H]1CN(C(=O)NS(C)(=O)=O)C1=O)c1csc(N)n1)C(=O)O. The second-order valence-corrected chi connectivity index (χ2v) is 9.21. The number of anilines is 1. The highest BCUT2D eigenvalue weighted by molar-refractivity contribution is 7.89. The average molecular weight is 462 g/mol. The van der Waals surface area contributed by atoms with Crippen molar-refractivity contribution in [2.24, 2.45) is 5.16 Å². The molecule has 0 unspecified atom stereocenters. The van der Waals surface area contributed by atoms with E-state index < -0.39 is 51.2 Å². The molecule has 1 aromatic heterocycles. The van der Waals surface area contributed by atoms with E-state index in [9.17, 15) is 27.6 Å². The van der Waals surface area contributed by atoms with E-state index in [2.05, 4.69) is 15.5 Å². The summed E-state index contributed by atoms with van der Waals surface area (Å²) in [4.78, 5) is 56.9. The van der Waals surface area contributed by atoms with Crippen LogP contribution in [0.2, 0.25) is 0 Å². The van der Waals surface area contributed by atoms with Crippen LogP contribution in [0.4, 0.5) is 9.93 Å². The van der Waals surface area contributed by atoms with E-state index in [-0.39, 0.29) is 17.4 Å². The van der Waals surface area contributed by atoms with Crippen molar-refractivity contribution in [2.75, 3.05) is 18.5 Å². The summed E-state index contributed by atoms with van der Waals surface area (Å²) in [5.41, 5.74) is 3.32. The van der Waals surface area contributed by atoms with Crippen LogP contribution in [0.15, 0.2) is 10.5 Å². The number of amides is 4. The lowest BCUT2D eigenvalue weighted by molar-refractivity contribution is -0.161. The number of aliphatic carboxylic acids is 1. The molecule has 0 saturated carbocycles. The molecule has 5 N–H and O–H groups in total. The molecule has 16 heteroatoms. The summed E-state index contributed by atoms with van der Waals surface area (Å²) in [7, 11) is -3.87. The number of imide groups is 1. The van der Waals surface area contributed by atoms with E-state index in [1.54, 1.807) is 4.72 Å². The summed E-state index contributed by atoms with van der Waals surface area (Å²) in [6.07, 6.45) is 0.745. The lowest BCUT2D eigenvalue weighted by Gasteiger charge is -2.36. The Morgan fingerprint density at radius 1 is 1.43 bits per heavy atom. The number of likely N-dealkylation sites (tertiary alicyclic amines) is 1. The minimum Gasteiger partial charge on any atom is -0.478 e. The van der Waals surface area contributed by atoms with Crippen LogP contribution < -0.4 is 15.8 Å². The van der Waals surface area contributed by atoms with Crippen LogP contribution in [0.25, 0.3) is 0 Å². The summed E-state index contributed by atoms with van der Waals surface area (Å²) in [6.45, 7) is 2.12. The third-order valence-electron chi connectivity index (χ3n) is 3.61. The van der Waals surface area contributed by atoms with Gasteiger partial charge >= 0.3 is 12.0 Å². The fourth-order valence-corrected chi connectivity index (χ4v) is 2.93. The number of β-lactam (4-membered cyclic amide) rings is 1. The van der Waals surface area contributed by atoms with Gasteiger partial charge in [-0.05, 0) is 13.8 Å². The number of carboxylic acids is 1. The first-order valence-electron chi connectivity index (χ1n) is 8.06. The fourth-order valence-electron chi connectivity index (χ4n) is 1.96. The Morgan fingerprint density at radius 3 is 2.53 bits per heavy atom. The van der Waals surface area contributed by atoms with Crippen molar-refractivity contribution in [3.63, 3.8) is 0 Å². The summed E-state index contributed by atoms with van der Waals surface area (Å²) in [5.74, 6) is -3.14. The normalized spacial score (nSPS) is 17.2. The number of carbonyl (C=O) groups excluding carboxylic acids is 3. The first-order valence-corrected chi connectivity index (χ1v) is 10.8. The van der Waals surface area contributed by atoms with E-state index in [0.717, 1.165) is 17.6 Å². The van der Waals surface area contributed by atoms with Gasteiger partial charge in [-0.25, -0.2) is 27.7 Å². The van der Waals surface area contributed by atoms with Crippen molar-refractivity contribution in [1.82, 2.24) is 19.9 Å². The van der Waals surface area contributed by atoms with Gasteiger partial charge in [-0.1, -0.05) is 5.16 Å². The van der Waals surface area contributed by atoms with E-state index >= 15 is 0 Å². The minimum absolute atomic E-state index is 0.0189. The number of thiazole rings is 1. The molecule has 1 saturated heterocycles. The molecule has 30 heavy (non-hydrogen) atoms. The first-order chi connectivity index (χ1) is 13.7. The van der Waals surface area contributed by atoms with Crippen LogP contribution >= 0.6 is 11.3 Å². The molecule has 0 aromatic carbocycles. The summed E-state index contributed by atoms with van der Waals surface area (Å²) in [6, 6.07) is -2.29. The molecule has 14 nitrogen and oxygen atoms in total. The number of urea groups is 1. The third kappa shape index (κ3) is 5.41. The number of carboxylic acid groups (broad SMARTS) is 1. The van der Waals surface area contributed by atoms with Crippen molar-refractivity contribution in [2.45, 2.75) is 25.5 Å². The summed E-state index contributed by atoms with van der Waals surface area (Å²) >= 11 is 0.988. The molecule has 1 aliphatic heterocycles. The van der Waals surface area contributed by atoms with Crippen molar-refractivity contribution in [3.05, 3.63) is 11.1 Å². The maximum absolute atomic E-state index is 12.6. The van der Waals surface area contributed by atoms with Crippen molar-refractivity contribution in [3.8, 4) is 0 Å². The summed E-state index contributed by atoms with van der Waals surface area (Å²) in [5, 5.41) is 16.4. The van der Waals surface area contributed by atoms with Crippen molar-refractivity contribution >= 4 is 56.0 Å². The molecule has 1 aliphatic rings. The van der Waals surface area contributed by atoms with Gasteiger partial charge in [0.25, 0.3) is 11.8 Å². The number of carbonyl (C=O) groups is 4. The minimum atomic E-state index is -3.87. The zero-order valence-corrected chi connectivity index (χ0v) is 17.5. The molecule has 0 spiro atoms. The molecular formula is C14H18N6O8S2. The number of rotatable bonds is 7. The van der Waals surface area contributed by atoms with Crippen LogP contribution in [-0.2, 0) is 29.2 Å². The van der Waals surface area contributed by atoms with Crippen molar-refractivity contribution in [1.29, 1.82) is 0 Å². The van der Waals surface area contributed by atoms with E-state index in [4.69, 9.17) is 15.7 Å². The molecule has 1 aromatic rings. The third-order valence-corrected chi connectivity index (χ3v) is 4.83. The first kappa shape index (κ1) is 23.0. The Kier molecular flexibility index (Phi) is 6.31. The van der Waals surface area contributed by atoms with Gasteiger partial charge in [-0.3, -0.25) is 14.5 Å². The molecular weight excluding hydrogens is 444 g/mol. The number of oxime groups is 1. The number of nitrogens with two attached hydrogens (primary N) is 1. The Labute approximate surface area is 174 Å². The largest absolute Gasteiger partial charge is 0.478 e. The van der Waals surface area contributed by atoms with Gasteiger partial charge in [0.05, 0.1) is 12.8 Å². The van der Waals surface area contributed by atoms with Gasteiger partial charge < -0.3 is 21.0 Å². The highest BCUT2D eigenvalue weighted by Gasteiger charge is 2.43. The van der Waals surface area contributed by atoms with Crippen molar-refractivity contribution < 1.29 is 37.5 Å². The monoisotopic (exact) mass is 462 g/mol. The molecule has 0 radical (unpaired) electrons. The quantitative estimate of drug-likeness (QED) is 0.205. The Bertz CT molecular complexity index is 1030. The molecule has 164 valence electrons. The number of aromatic nitrogens is 1. The van der Waals surface area contributed by atoms with Gasteiger partial charge in [0, 0.05) is 5.38 Å². The number of hydrogen-bond acceptors (Lipinski definition) is 11. The number of nitrogen functional groups attached to an aromatic ring is 1. The Morgan fingerprint density at radius 2 is 2.07 bits per heavy atom. The van der Waals surface area contributed by atoms with Crippen LogP contribution in [0, 0.1) is 0 Å². The second kappa shape index (κ2) is 8.23. The average Bonchev–Trinajstić information content (AvgIpc) is 3.02. The predicted molar refractivity (Wildman–Crippen MR) is 103 cm³/mol. The molecule has 0 bridgehead atoms. The number of nitrogens with zero attached hydrogens (tertiary/aromatic N) is 3. The molecule has 1 atom stereocenters. The van der Waals surface area contributed by atoms with Crippen LogP contribution in [0.3, 0.4) is 0 Å². The maximum atomic E-state index is 12.6. The lowest BCUT2D eigenvalue weighted by atomic mass is 10.1. The maximum Gasteiger partial charge on any atom is 0.350 e. The van der Waals surface area contributed by atoms with Gasteiger partial charge in [0.1, 0.15) is 11.7 Å². The van der Waals surface area contributed by atoms with E-state index in [0.29, 0.717) is 4.90 Å². The topological polar surface area (TPSA) is 210 Å². The molecule has 1 fully saturated rings. The van der Waals surface area contributed by atoms with Crippen LogP contribution in [-0.4, -0.2) is 77.4 Å². The predicted octanol–water partition coefficient (Wildman–Crippen LogP) is -1.69. The zero-order valence-electron chi connectivity index (χ0n) is 15.9. The number of sulfonamides is 1. The standard InChI is InChI=1S/C14H18N6O8S2/c1-14(2,11(23)24)28-18-8(7-5-29-12(15)17-7)9(21)16-6-4-20(10(6)22)13(25)19-30(3,26)27/h5-6H,4H2,1-3H3,(H2,15,17)(H,16,21)(H,19,25)(H,23,24)/b18-8+/t6-/m0/s1. The highest BCUT2D eigenvalue weighted by atomic mass is 32.2. The molecule has 0 aliphatic carbocycles. The van der Waals surface area contributed by atoms with Gasteiger partial charge in [-0.15, -0.1) is 11.3 Å². The second-order valence-electron chi connectivity index (χ2n) is 6.57. The number of nitrogens with one attached hydrogen (secondary N) is 2. The smallest absolute Gasteiger partial charge is 0.350 e. The van der Waals surface area contributed by atoms with Gasteiger partial charge in [0.15, 0.2) is 10.8 Å². The van der Waals surface area contributed by atoms with Crippen LogP contribution in [0.1, 0.15) is 19.5 Å². The van der Waals surface area contributed by atoms with Gasteiger partial charge in [-0.2, -0.15) is 0 Å². The Hall–Kier alpha value is -3.27. The lowest BCUT2D eigenvalue weighted by Crippen LogP contribution is -2.67.